The molecule has 0 aliphatic carbocycles. The second-order valence-electron chi connectivity index (χ2n) is 5.85. The van der Waals surface area contributed by atoms with Crippen LogP contribution in [0.15, 0.2) is 48.5 Å². The standard InChI is InChI=1S/C20H22N2O2/c1-3-16-15(12-19(21)23)20-17(10-7-11-18(20)24-2)22(16)13-14-8-5-4-6-9-14/h4-11H,3,12-13H2,1-2H3,(H2,21,23). The molecule has 0 fully saturated rings. The van der Waals surface area contributed by atoms with E-state index in [0.717, 1.165) is 40.9 Å². The fraction of sp³-hybridized carbons (Fsp3) is 0.250. The number of carbonyl (C=O) groups excluding carboxylic acids is 1. The van der Waals surface area contributed by atoms with Crippen molar-refractivity contribution in [3.05, 3.63) is 65.4 Å². The van der Waals surface area contributed by atoms with Gasteiger partial charge in [-0.15, -0.1) is 0 Å². The molecule has 0 bridgehead atoms. The molecule has 0 aliphatic rings. The largest absolute Gasteiger partial charge is 0.496 e. The van der Waals surface area contributed by atoms with E-state index in [1.165, 1.54) is 5.56 Å². The van der Waals surface area contributed by atoms with Gasteiger partial charge in [-0.25, -0.2) is 0 Å². The van der Waals surface area contributed by atoms with E-state index < -0.39 is 0 Å². The molecule has 1 amide bonds. The van der Waals surface area contributed by atoms with E-state index in [2.05, 4.69) is 29.7 Å². The van der Waals surface area contributed by atoms with Crippen LogP contribution in [0.4, 0.5) is 0 Å². The number of ether oxygens (including phenoxy) is 1. The molecule has 3 aromatic rings. The summed E-state index contributed by atoms with van der Waals surface area (Å²) in [6, 6.07) is 16.3. The Hall–Kier alpha value is -2.75. The molecule has 0 radical (unpaired) electrons. The molecule has 2 aromatic carbocycles. The summed E-state index contributed by atoms with van der Waals surface area (Å²) in [6.07, 6.45) is 1.05. The van der Waals surface area contributed by atoms with Crippen LogP contribution >= 0.6 is 0 Å². The molecule has 0 saturated carbocycles. The molecule has 0 spiro atoms. The highest BCUT2D eigenvalue weighted by molar-refractivity contribution is 5.94. The van der Waals surface area contributed by atoms with Gasteiger partial charge in [0.1, 0.15) is 5.75 Å². The van der Waals surface area contributed by atoms with Gasteiger partial charge in [0, 0.05) is 17.6 Å². The van der Waals surface area contributed by atoms with Crippen molar-refractivity contribution in [2.75, 3.05) is 7.11 Å². The average molecular weight is 322 g/mol. The van der Waals surface area contributed by atoms with Crippen molar-refractivity contribution in [1.82, 2.24) is 4.57 Å². The van der Waals surface area contributed by atoms with Gasteiger partial charge >= 0.3 is 0 Å². The fourth-order valence-corrected chi connectivity index (χ4v) is 3.39. The van der Waals surface area contributed by atoms with Crippen LogP contribution in [-0.2, 0) is 24.2 Å². The monoisotopic (exact) mass is 322 g/mol. The average Bonchev–Trinajstić information content (AvgIpc) is 2.88. The highest BCUT2D eigenvalue weighted by atomic mass is 16.5. The van der Waals surface area contributed by atoms with E-state index in [-0.39, 0.29) is 12.3 Å². The van der Waals surface area contributed by atoms with Crippen molar-refractivity contribution in [3.8, 4) is 5.75 Å². The Morgan fingerprint density at radius 1 is 1.12 bits per heavy atom. The van der Waals surface area contributed by atoms with E-state index in [4.69, 9.17) is 10.5 Å². The zero-order valence-corrected chi connectivity index (χ0v) is 14.1. The maximum atomic E-state index is 11.6. The molecule has 4 heteroatoms. The number of nitrogens with two attached hydrogens (primary N) is 1. The molecule has 1 heterocycles. The number of aromatic nitrogens is 1. The van der Waals surface area contributed by atoms with Crippen molar-refractivity contribution >= 4 is 16.8 Å². The number of benzene rings is 2. The van der Waals surface area contributed by atoms with Gasteiger partial charge in [0.2, 0.25) is 5.91 Å². The third kappa shape index (κ3) is 2.87. The van der Waals surface area contributed by atoms with E-state index in [0.29, 0.717) is 0 Å². The van der Waals surface area contributed by atoms with Crippen LogP contribution in [-0.4, -0.2) is 17.6 Å². The summed E-state index contributed by atoms with van der Waals surface area (Å²) in [4.78, 5) is 11.6. The van der Waals surface area contributed by atoms with Crippen molar-refractivity contribution in [2.24, 2.45) is 5.73 Å². The summed E-state index contributed by atoms with van der Waals surface area (Å²) in [5.74, 6) is 0.458. The minimum atomic E-state index is -0.325. The fourth-order valence-electron chi connectivity index (χ4n) is 3.39. The molecule has 124 valence electrons. The van der Waals surface area contributed by atoms with Crippen LogP contribution in [0, 0.1) is 0 Å². The molecule has 24 heavy (non-hydrogen) atoms. The van der Waals surface area contributed by atoms with Crippen LogP contribution in [0.1, 0.15) is 23.7 Å². The highest BCUT2D eigenvalue weighted by Gasteiger charge is 2.20. The number of rotatable bonds is 6. The van der Waals surface area contributed by atoms with Crippen molar-refractivity contribution in [3.63, 3.8) is 0 Å². The lowest BCUT2D eigenvalue weighted by Crippen LogP contribution is -2.15. The normalized spacial score (nSPS) is 10.9. The SMILES string of the molecule is CCc1c(CC(N)=O)c2c(OC)cccc2n1Cc1ccccc1. The van der Waals surface area contributed by atoms with Crippen LogP contribution in [0.3, 0.4) is 0 Å². The van der Waals surface area contributed by atoms with Gasteiger partial charge in [-0.2, -0.15) is 0 Å². The molecule has 2 N–H and O–H groups in total. The molecule has 1 aromatic heterocycles. The lowest BCUT2D eigenvalue weighted by Gasteiger charge is -2.11. The molecular formula is C20H22N2O2. The topological polar surface area (TPSA) is 57.3 Å². The van der Waals surface area contributed by atoms with Crippen LogP contribution in [0.2, 0.25) is 0 Å². The predicted molar refractivity (Wildman–Crippen MR) is 96.3 cm³/mol. The Bertz CT molecular complexity index is 866. The van der Waals surface area contributed by atoms with Gasteiger partial charge in [-0.3, -0.25) is 4.79 Å². The first-order valence-corrected chi connectivity index (χ1v) is 8.14. The molecule has 0 aliphatic heterocycles. The number of primary amides is 1. The number of carbonyl (C=O) groups is 1. The van der Waals surface area contributed by atoms with Gasteiger partial charge in [-0.05, 0) is 29.7 Å². The van der Waals surface area contributed by atoms with Gasteiger partial charge < -0.3 is 15.0 Å². The first kappa shape index (κ1) is 16.1. The summed E-state index contributed by atoms with van der Waals surface area (Å²) in [5.41, 5.74) is 9.91. The number of hydrogen-bond donors (Lipinski definition) is 1. The highest BCUT2D eigenvalue weighted by Crippen LogP contribution is 2.35. The Kier molecular flexibility index (Phi) is 4.56. The van der Waals surface area contributed by atoms with Gasteiger partial charge in [0.25, 0.3) is 0 Å². The van der Waals surface area contributed by atoms with Crippen molar-refractivity contribution in [2.45, 2.75) is 26.3 Å². The minimum absolute atomic E-state index is 0.224. The maximum absolute atomic E-state index is 11.6. The Morgan fingerprint density at radius 3 is 2.50 bits per heavy atom. The molecular weight excluding hydrogens is 300 g/mol. The lowest BCUT2D eigenvalue weighted by atomic mass is 10.1. The van der Waals surface area contributed by atoms with Gasteiger partial charge in [-0.1, -0.05) is 43.3 Å². The molecule has 0 atom stereocenters. The molecule has 4 nitrogen and oxygen atoms in total. The summed E-state index contributed by atoms with van der Waals surface area (Å²) in [7, 11) is 1.66. The van der Waals surface area contributed by atoms with Crippen LogP contribution < -0.4 is 10.5 Å². The Morgan fingerprint density at radius 2 is 1.88 bits per heavy atom. The Labute approximate surface area is 141 Å². The summed E-state index contributed by atoms with van der Waals surface area (Å²) in [5, 5.41) is 0.992. The first-order valence-electron chi connectivity index (χ1n) is 8.14. The zero-order valence-electron chi connectivity index (χ0n) is 14.1. The van der Waals surface area contributed by atoms with Crippen molar-refractivity contribution in [1.29, 1.82) is 0 Å². The quantitative estimate of drug-likeness (QED) is 0.757. The predicted octanol–water partition coefficient (Wildman–Crippen LogP) is 3.29. The second kappa shape index (κ2) is 6.79. The van der Waals surface area contributed by atoms with Crippen LogP contribution in [0.25, 0.3) is 10.9 Å². The lowest BCUT2D eigenvalue weighted by molar-refractivity contribution is -0.117. The molecule has 0 unspecified atom stereocenters. The molecule has 3 rings (SSSR count). The van der Waals surface area contributed by atoms with Crippen molar-refractivity contribution < 1.29 is 9.53 Å². The van der Waals surface area contributed by atoms with Gasteiger partial charge in [0.05, 0.1) is 19.0 Å². The third-order valence-corrected chi connectivity index (χ3v) is 4.36. The third-order valence-electron chi connectivity index (χ3n) is 4.36. The summed E-state index contributed by atoms with van der Waals surface area (Å²) >= 11 is 0. The van der Waals surface area contributed by atoms with E-state index in [1.54, 1.807) is 7.11 Å². The minimum Gasteiger partial charge on any atom is -0.496 e. The van der Waals surface area contributed by atoms with Crippen LogP contribution in [0.5, 0.6) is 5.75 Å². The summed E-state index contributed by atoms with van der Waals surface area (Å²) < 4.78 is 7.82. The van der Waals surface area contributed by atoms with Gasteiger partial charge in [0.15, 0.2) is 0 Å². The first-order chi connectivity index (χ1) is 11.7. The van der Waals surface area contributed by atoms with E-state index in [1.807, 2.05) is 30.3 Å². The second-order valence-corrected chi connectivity index (χ2v) is 5.85. The zero-order chi connectivity index (χ0) is 17.1. The number of nitrogens with zero attached hydrogens (tertiary/aromatic N) is 1. The smallest absolute Gasteiger partial charge is 0.221 e. The van der Waals surface area contributed by atoms with E-state index >= 15 is 0 Å². The number of amides is 1. The number of methoxy groups -OCH3 is 1. The molecule has 0 saturated heterocycles. The number of hydrogen-bond acceptors (Lipinski definition) is 2. The Balaban J connectivity index is 2.25. The maximum Gasteiger partial charge on any atom is 0.221 e. The number of fused-ring (bicyclic) bond motifs is 1. The van der Waals surface area contributed by atoms with E-state index in [9.17, 15) is 4.79 Å². The summed E-state index contributed by atoms with van der Waals surface area (Å²) in [6.45, 7) is 2.86.